The Labute approximate surface area is 65.4 Å². The zero-order chi connectivity index (χ0) is 8.91. The van der Waals surface area contributed by atoms with Crippen molar-refractivity contribution in [2.75, 3.05) is 25.2 Å². The van der Waals surface area contributed by atoms with Crippen molar-refractivity contribution in [1.82, 2.24) is 0 Å². The number of hydrogen-bond acceptors (Lipinski definition) is 5. The molecular weight excluding hydrogens is 170 g/mol. The van der Waals surface area contributed by atoms with E-state index in [0.717, 1.165) is 6.26 Å². The molecule has 0 unspecified atom stereocenters. The van der Waals surface area contributed by atoms with Crippen LogP contribution >= 0.6 is 0 Å². The van der Waals surface area contributed by atoms with Gasteiger partial charge < -0.3 is 10.5 Å². The van der Waals surface area contributed by atoms with Gasteiger partial charge in [0.05, 0.1) is 12.3 Å². The van der Waals surface area contributed by atoms with Crippen LogP contribution in [-0.2, 0) is 19.4 Å². The number of hydrogen-bond donors (Lipinski definition) is 1. The molecule has 0 rings (SSSR count). The van der Waals surface area contributed by atoms with Gasteiger partial charge in [0.15, 0.2) is 9.84 Å². The van der Waals surface area contributed by atoms with Gasteiger partial charge in [-0.3, -0.25) is 4.79 Å². The van der Waals surface area contributed by atoms with E-state index in [1.54, 1.807) is 0 Å². The number of rotatable bonds is 4. The van der Waals surface area contributed by atoms with Crippen LogP contribution in [0.1, 0.15) is 0 Å². The molecule has 0 bridgehead atoms. The molecule has 0 aromatic carbocycles. The van der Waals surface area contributed by atoms with Crippen LogP contribution < -0.4 is 5.73 Å². The first-order valence-electron chi connectivity index (χ1n) is 2.99. The summed E-state index contributed by atoms with van der Waals surface area (Å²) in [5, 5.41) is 0. The summed E-state index contributed by atoms with van der Waals surface area (Å²) in [6, 6.07) is 0. The molecule has 0 fully saturated rings. The predicted octanol–water partition coefficient (Wildman–Crippen LogP) is -1.47. The fourth-order valence-electron chi connectivity index (χ4n) is 0.366. The molecule has 6 heteroatoms. The Morgan fingerprint density at radius 3 is 2.45 bits per heavy atom. The monoisotopic (exact) mass is 181 g/mol. The summed E-state index contributed by atoms with van der Waals surface area (Å²) < 4.78 is 25.4. The summed E-state index contributed by atoms with van der Waals surface area (Å²) in [5.41, 5.74) is 4.90. The molecule has 5 nitrogen and oxygen atoms in total. The molecule has 0 aromatic rings. The number of nitrogens with two attached hydrogens (primary N) is 1. The van der Waals surface area contributed by atoms with Crippen molar-refractivity contribution in [3.8, 4) is 0 Å². The molecular formula is C5H11NO4S. The quantitative estimate of drug-likeness (QED) is 0.535. The molecule has 0 aliphatic rings. The second-order valence-electron chi connectivity index (χ2n) is 2.05. The minimum absolute atomic E-state index is 0.116. The lowest BCUT2D eigenvalue weighted by molar-refractivity contribution is -0.141. The first-order valence-corrected chi connectivity index (χ1v) is 5.05. The average Bonchev–Trinajstić information content (AvgIpc) is 1.85. The highest BCUT2D eigenvalue weighted by atomic mass is 32.2. The Bertz CT molecular complexity index is 221. The highest BCUT2D eigenvalue weighted by Gasteiger charge is 2.03. The molecule has 0 aromatic heterocycles. The minimum atomic E-state index is -3.05. The Balaban J connectivity index is 3.51. The smallest absolute Gasteiger partial charge is 0.319 e. The second-order valence-corrected chi connectivity index (χ2v) is 4.31. The first-order chi connectivity index (χ1) is 4.95. The molecule has 66 valence electrons. The van der Waals surface area contributed by atoms with Gasteiger partial charge in [0.2, 0.25) is 0 Å². The first kappa shape index (κ1) is 10.4. The molecule has 0 atom stereocenters. The minimum Gasteiger partial charge on any atom is -0.464 e. The van der Waals surface area contributed by atoms with E-state index in [2.05, 4.69) is 4.74 Å². The van der Waals surface area contributed by atoms with E-state index in [1.807, 2.05) is 0 Å². The maximum Gasteiger partial charge on any atom is 0.319 e. The molecule has 0 heterocycles. The number of carbonyl (C=O) groups excluding carboxylic acids is 1. The van der Waals surface area contributed by atoms with E-state index in [1.165, 1.54) is 0 Å². The number of esters is 1. The van der Waals surface area contributed by atoms with Gasteiger partial charge in [0.25, 0.3) is 0 Å². The Hall–Kier alpha value is -0.620. The summed E-state index contributed by atoms with van der Waals surface area (Å²) >= 11 is 0. The van der Waals surface area contributed by atoms with Gasteiger partial charge in [-0.1, -0.05) is 0 Å². The predicted molar refractivity (Wildman–Crippen MR) is 39.7 cm³/mol. The third kappa shape index (κ3) is 7.27. The van der Waals surface area contributed by atoms with Crippen LogP contribution in [0.15, 0.2) is 0 Å². The van der Waals surface area contributed by atoms with Crippen molar-refractivity contribution in [2.24, 2.45) is 5.73 Å². The Morgan fingerprint density at radius 2 is 2.09 bits per heavy atom. The maximum absolute atomic E-state index is 10.5. The molecule has 0 aliphatic heterocycles. The van der Waals surface area contributed by atoms with Crippen molar-refractivity contribution >= 4 is 15.8 Å². The van der Waals surface area contributed by atoms with Gasteiger partial charge in [-0.2, -0.15) is 0 Å². The standard InChI is InChI=1S/C5H11NO4S/c1-11(8,9)3-2-10-5(7)4-6/h2-4,6H2,1H3. The van der Waals surface area contributed by atoms with E-state index >= 15 is 0 Å². The Kier molecular flexibility index (Phi) is 4.06. The zero-order valence-electron chi connectivity index (χ0n) is 6.24. The average molecular weight is 181 g/mol. The van der Waals surface area contributed by atoms with Crippen LogP contribution in [0.2, 0.25) is 0 Å². The van der Waals surface area contributed by atoms with Gasteiger partial charge in [-0.15, -0.1) is 0 Å². The second kappa shape index (κ2) is 4.30. The SMILES string of the molecule is CS(=O)(=O)CCOC(=O)CN. The van der Waals surface area contributed by atoms with E-state index in [0.29, 0.717) is 0 Å². The van der Waals surface area contributed by atoms with Crippen LogP contribution in [0.3, 0.4) is 0 Å². The van der Waals surface area contributed by atoms with Gasteiger partial charge >= 0.3 is 5.97 Å². The van der Waals surface area contributed by atoms with Gasteiger partial charge in [0, 0.05) is 6.26 Å². The van der Waals surface area contributed by atoms with E-state index in [9.17, 15) is 13.2 Å². The van der Waals surface area contributed by atoms with Crippen LogP contribution in [0.5, 0.6) is 0 Å². The van der Waals surface area contributed by atoms with Crippen LogP contribution in [0.25, 0.3) is 0 Å². The van der Waals surface area contributed by atoms with Gasteiger partial charge in [-0.25, -0.2) is 8.42 Å². The highest BCUT2D eigenvalue weighted by molar-refractivity contribution is 7.90. The number of ether oxygens (including phenoxy) is 1. The molecule has 0 saturated heterocycles. The van der Waals surface area contributed by atoms with E-state index < -0.39 is 15.8 Å². The van der Waals surface area contributed by atoms with Crippen molar-refractivity contribution < 1.29 is 17.9 Å². The molecule has 0 spiro atoms. The lowest BCUT2D eigenvalue weighted by atomic mass is 10.7. The number of carbonyl (C=O) groups is 1. The van der Waals surface area contributed by atoms with E-state index in [-0.39, 0.29) is 18.9 Å². The Morgan fingerprint density at radius 1 is 1.55 bits per heavy atom. The summed E-state index contributed by atoms with van der Waals surface area (Å²) in [4.78, 5) is 10.4. The van der Waals surface area contributed by atoms with Gasteiger partial charge in [0.1, 0.15) is 6.61 Å². The summed E-state index contributed by atoms with van der Waals surface area (Å²) in [6.45, 7) is -0.335. The van der Waals surface area contributed by atoms with Crippen LogP contribution in [-0.4, -0.2) is 39.5 Å². The zero-order valence-corrected chi connectivity index (χ0v) is 7.06. The van der Waals surface area contributed by atoms with Crippen molar-refractivity contribution in [3.63, 3.8) is 0 Å². The largest absolute Gasteiger partial charge is 0.464 e. The summed E-state index contributed by atoms with van der Waals surface area (Å²) in [5.74, 6) is -0.743. The van der Waals surface area contributed by atoms with Crippen molar-refractivity contribution in [3.05, 3.63) is 0 Å². The molecule has 0 radical (unpaired) electrons. The fourth-order valence-corrected chi connectivity index (χ4v) is 0.752. The lowest BCUT2D eigenvalue weighted by Gasteiger charge is -2.00. The van der Waals surface area contributed by atoms with Crippen LogP contribution in [0, 0.1) is 0 Å². The normalized spacial score (nSPS) is 11.1. The van der Waals surface area contributed by atoms with E-state index in [4.69, 9.17) is 5.73 Å². The highest BCUT2D eigenvalue weighted by Crippen LogP contribution is 1.83. The van der Waals surface area contributed by atoms with Crippen molar-refractivity contribution in [1.29, 1.82) is 0 Å². The van der Waals surface area contributed by atoms with Gasteiger partial charge in [-0.05, 0) is 0 Å². The third-order valence-electron chi connectivity index (χ3n) is 0.884. The maximum atomic E-state index is 10.5. The topological polar surface area (TPSA) is 86.5 Å². The molecule has 0 aliphatic carbocycles. The molecule has 0 amide bonds. The summed E-state index contributed by atoms with van der Waals surface area (Å²) in [7, 11) is -3.05. The van der Waals surface area contributed by atoms with Crippen molar-refractivity contribution in [2.45, 2.75) is 0 Å². The molecule has 2 N–H and O–H groups in total. The van der Waals surface area contributed by atoms with Crippen LogP contribution in [0.4, 0.5) is 0 Å². The molecule has 0 saturated carbocycles. The number of sulfone groups is 1. The third-order valence-corrected chi connectivity index (χ3v) is 1.79. The lowest BCUT2D eigenvalue weighted by Crippen LogP contribution is -2.20. The summed E-state index contributed by atoms with van der Waals surface area (Å²) in [6.07, 6.45) is 1.07. The molecule has 11 heavy (non-hydrogen) atoms. The fraction of sp³-hybridized carbons (Fsp3) is 0.800.